The fraction of sp³-hybridized carbons (Fsp3) is 0.409. The molecule has 5 nitrogen and oxygen atoms in total. The third-order valence-corrected chi connectivity index (χ3v) is 5.17. The monoisotopic (exact) mass is 363 g/mol. The summed E-state index contributed by atoms with van der Waals surface area (Å²) in [5.41, 5.74) is 1.91. The quantitative estimate of drug-likeness (QED) is 0.833. The lowest BCUT2D eigenvalue weighted by Gasteiger charge is -2.28. The van der Waals surface area contributed by atoms with Gasteiger partial charge in [0.05, 0.1) is 22.9 Å². The number of nitrogens with one attached hydrogen (secondary N) is 1. The summed E-state index contributed by atoms with van der Waals surface area (Å²) < 4.78 is 5.66. The van der Waals surface area contributed by atoms with E-state index in [-0.39, 0.29) is 11.9 Å². The Morgan fingerprint density at radius 3 is 2.59 bits per heavy atom. The molecule has 0 bridgehead atoms. The maximum Gasteiger partial charge on any atom is 0.253 e. The minimum Gasteiger partial charge on any atom is -0.487 e. The van der Waals surface area contributed by atoms with Crippen molar-refractivity contribution in [2.45, 2.75) is 51.7 Å². The van der Waals surface area contributed by atoms with Gasteiger partial charge in [0.15, 0.2) is 0 Å². The second-order valence-corrected chi connectivity index (χ2v) is 7.12. The molecule has 3 rings (SSSR count). The predicted octanol–water partition coefficient (Wildman–Crippen LogP) is 4.23. The average Bonchev–Trinajstić information content (AvgIpc) is 2.73. The van der Waals surface area contributed by atoms with Crippen LogP contribution in [0, 0.1) is 17.2 Å². The standard InChI is InChI=1S/C22H25N3O2/c1-16(18-5-3-2-4-6-18)25-22(26)19-9-10-20(24-14-19)15-27-21-11-7-17(13-23)8-12-21/h7-12,14,16,18H,2-6,15H2,1H3,(H,25,26)/t16-/m1/s1. The fourth-order valence-corrected chi connectivity index (χ4v) is 3.47. The number of hydrogen-bond donors (Lipinski definition) is 1. The first-order valence-corrected chi connectivity index (χ1v) is 9.54. The minimum absolute atomic E-state index is 0.0693. The number of amides is 1. The summed E-state index contributed by atoms with van der Waals surface area (Å²) in [5.74, 6) is 1.19. The van der Waals surface area contributed by atoms with Crippen LogP contribution in [0.4, 0.5) is 0 Å². The lowest BCUT2D eigenvalue weighted by molar-refractivity contribution is 0.0919. The molecule has 1 atom stereocenters. The van der Waals surface area contributed by atoms with Gasteiger partial charge in [-0.3, -0.25) is 9.78 Å². The van der Waals surface area contributed by atoms with E-state index in [1.54, 1.807) is 36.5 Å². The molecular weight excluding hydrogens is 338 g/mol. The van der Waals surface area contributed by atoms with Gasteiger partial charge in [-0.1, -0.05) is 19.3 Å². The zero-order valence-electron chi connectivity index (χ0n) is 15.6. The molecule has 1 aromatic heterocycles. The summed E-state index contributed by atoms with van der Waals surface area (Å²) in [5, 5.41) is 11.9. The number of rotatable bonds is 6. The first kappa shape index (κ1) is 18.9. The SMILES string of the molecule is C[C@@H](NC(=O)c1ccc(COc2ccc(C#N)cc2)nc1)C1CCCCC1. The summed E-state index contributed by atoms with van der Waals surface area (Å²) in [6.45, 7) is 2.41. The number of nitrogens with zero attached hydrogens (tertiary/aromatic N) is 2. The summed E-state index contributed by atoms with van der Waals surface area (Å²) in [4.78, 5) is 16.8. The Labute approximate surface area is 160 Å². The van der Waals surface area contributed by atoms with Crippen molar-refractivity contribution in [3.8, 4) is 11.8 Å². The van der Waals surface area contributed by atoms with Gasteiger partial charge in [0.25, 0.3) is 5.91 Å². The molecule has 0 radical (unpaired) electrons. The van der Waals surface area contributed by atoms with Crippen LogP contribution in [0.5, 0.6) is 5.75 Å². The lowest BCUT2D eigenvalue weighted by atomic mass is 9.84. The van der Waals surface area contributed by atoms with E-state index in [0.29, 0.717) is 29.4 Å². The highest BCUT2D eigenvalue weighted by molar-refractivity contribution is 5.94. The van der Waals surface area contributed by atoms with Crippen molar-refractivity contribution in [2.24, 2.45) is 5.92 Å². The molecule has 0 spiro atoms. The largest absolute Gasteiger partial charge is 0.487 e. The maximum atomic E-state index is 12.4. The first-order chi connectivity index (χ1) is 13.2. The van der Waals surface area contributed by atoms with Crippen molar-refractivity contribution in [2.75, 3.05) is 0 Å². The van der Waals surface area contributed by atoms with E-state index in [4.69, 9.17) is 10.00 Å². The summed E-state index contributed by atoms with van der Waals surface area (Å²) in [6.07, 6.45) is 7.84. The highest BCUT2D eigenvalue weighted by Gasteiger charge is 2.21. The van der Waals surface area contributed by atoms with Crippen LogP contribution < -0.4 is 10.1 Å². The molecule has 1 aliphatic carbocycles. The molecule has 1 aromatic carbocycles. The lowest BCUT2D eigenvalue weighted by Crippen LogP contribution is -2.38. The van der Waals surface area contributed by atoms with Crippen molar-refractivity contribution in [3.63, 3.8) is 0 Å². The van der Waals surface area contributed by atoms with Gasteiger partial charge in [0.2, 0.25) is 0 Å². The molecule has 1 saturated carbocycles. The number of ether oxygens (including phenoxy) is 1. The second kappa shape index (κ2) is 9.18. The van der Waals surface area contributed by atoms with Crippen LogP contribution in [0.3, 0.4) is 0 Å². The van der Waals surface area contributed by atoms with Crippen LogP contribution >= 0.6 is 0 Å². The smallest absolute Gasteiger partial charge is 0.253 e. The Morgan fingerprint density at radius 1 is 1.22 bits per heavy atom. The van der Waals surface area contributed by atoms with Crippen LogP contribution in [-0.4, -0.2) is 16.9 Å². The Hall–Kier alpha value is -2.87. The molecule has 2 aromatic rings. The van der Waals surface area contributed by atoms with Crippen molar-refractivity contribution in [1.82, 2.24) is 10.3 Å². The van der Waals surface area contributed by atoms with Crippen molar-refractivity contribution in [1.29, 1.82) is 5.26 Å². The van der Waals surface area contributed by atoms with Gasteiger partial charge in [0.1, 0.15) is 12.4 Å². The maximum absolute atomic E-state index is 12.4. The zero-order chi connectivity index (χ0) is 19.1. The summed E-state index contributed by atoms with van der Waals surface area (Å²) in [6, 6.07) is 12.8. The van der Waals surface area contributed by atoms with Crippen molar-refractivity contribution in [3.05, 3.63) is 59.4 Å². The Bertz CT molecular complexity index is 788. The van der Waals surface area contributed by atoms with E-state index in [0.717, 1.165) is 5.69 Å². The van der Waals surface area contributed by atoms with Gasteiger partial charge in [0, 0.05) is 12.2 Å². The number of nitriles is 1. The van der Waals surface area contributed by atoms with Gasteiger partial charge in [-0.2, -0.15) is 5.26 Å². The Balaban J connectivity index is 1.51. The van der Waals surface area contributed by atoms with Crippen LogP contribution in [0.2, 0.25) is 0 Å². The van der Waals surface area contributed by atoms with E-state index in [2.05, 4.69) is 23.3 Å². The number of carbonyl (C=O) groups is 1. The molecule has 0 unspecified atom stereocenters. The number of benzene rings is 1. The highest BCUT2D eigenvalue weighted by Crippen LogP contribution is 2.26. The molecule has 1 fully saturated rings. The Kier molecular flexibility index (Phi) is 6.43. The van der Waals surface area contributed by atoms with Crippen LogP contribution in [0.15, 0.2) is 42.6 Å². The normalized spacial score (nSPS) is 15.6. The minimum atomic E-state index is -0.0693. The summed E-state index contributed by atoms with van der Waals surface area (Å²) in [7, 11) is 0. The molecule has 1 amide bonds. The average molecular weight is 363 g/mol. The van der Waals surface area contributed by atoms with Gasteiger partial charge in [-0.25, -0.2) is 0 Å². The molecule has 1 N–H and O–H groups in total. The van der Waals surface area contributed by atoms with Crippen molar-refractivity contribution < 1.29 is 9.53 Å². The van der Waals surface area contributed by atoms with E-state index < -0.39 is 0 Å². The topological polar surface area (TPSA) is 75.0 Å². The number of hydrogen-bond acceptors (Lipinski definition) is 4. The molecule has 0 saturated heterocycles. The molecular formula is C22H25N3O2. The number of carbonyl (C=O) groups excluding carboxylic acids is 1. The van der Waals surface area contributed by atoms with E-state index in [1.807, 2.05) is 6.07 Å². The molecule has 5 heteroatoms. The van der Waals surface area contributed by atoms with Crippen molar-refractivity contribution >= 4 is 5.91 Å². The van der Waals surface area contributed by atoms with E-state index in [9.17, 15) is 4.79 Å². The van der Waals surface area contributed by atoms with Gasteiger partial charge < -0.3 is 10.1 Å². The first-order valence-electron chi connectivity index (χ1n) is 9.54. The highest BCUT2D eigenvalue weighted by atomic mass is 16.5. The van der Waals surface area contributed by atoms with Crippen LogP contribution in [0.25, 0.3) is 0 Å². The van der Waals surface area contributed by atoms with Crippen LogP contribution in [0.1, 0.15) is 60.6 Å². The van der Waals surface area contributed by atoms with Crippen LogP contribution in [-0.2, 0) is 6.61 Å². The molecule has 140 valence electrons. The molecule has 0 aliphatic heterocycles. The van der Waals surface area contributed by atoms with E-state index in [1.165, 1.54) is 32.1 Å². The third-order valence-electron chi connectivity index (χ3n) is 5.17. The molecule has 1 aliphatic rings. The number of aromatic nitrogens is 1. The third kappa shape index (κ3) is 5.30. The molecule has 1 heterocycles. The number of pyridine rings is 1. The van der Waals surface area contributed by atoms with Gasteiger partial charge in [-0.05, 0) is 62.1 Å². The van der Waals surface area contributed by atoms with Gasteiger partial charge in [-0.15, -0.1) is 0 Å². The van der Waals surface area contributed by atoms with Gasteiger partial charge >= 0.3 is 0 Å². The fourth-order valence-electron chi connectivity index (χ4n) is 3.47. The Morgan fingerprint density at radius 2 is 1.96 bits per heavy atom. The second-order valence-electron chi connectivity index (χ2n) is 7.12. The summed E-state index contributed by atoms with van der Waals surface area (Å²) >= 11 is 0. The predicted molar refractivity (Wildman–Crippen MR) is 103 cm³/mol. The van der Waals surface area contributed by atoms with E-state index >= 15 is 0 Å². The molecule has 27 heavy (non-hydrogen) atoms. The zero-order valence-corrected chi connectivity index (χ0v) is 15.6.